The molecule has 0 fully saturated rings. The third-order valence-corrected chi connectivity index (χ3v) is 3.75. The minimum absolute atomic E-state index is 0.591. The monoisotopic (exact) mass is 259 g/mol. The number of hydrogen-bond acceptors (Lipinski definition) is 1. The summed E-state index contributed by atoms with van der Waals surface area (Å²) >= 11 is 0. The summed E-state index contributed by atoms with van der Waals surface area (Å²) in [5.74, 6) is 0. The number of benzene rings is 2. The van der Waals surface area contributed by atoms with Crippen LogP contribution in [-0.2, 0) is 0 Å². The fourth-order valence-electron chi connectivity index (χ4n) is 2.66. The summed E-state index contributed by atoms with van der Waals surface area (Å²) in [4.78, 5) is 0. The van der Waals surface area contributed by atoms with Crippen LogP contribution < -0.4 is 0 Å². The summed E-state index contributed by atoms with van der Waals surface area (Å²) < 4.78 is 0. The Morgan fingerprint density at radius 1 is 0.950 bits per heavy atom. The molecule has 1 aliphatic rings. The molecular weight excluding hydrogens is 242 g/mol. The van der Waals surface area contributed by atoms with Gasteiger partial charge in [0.25, 0.3) is 0 Å². The van der Waals surface area contributed by atoms with Crippen LogP contribution in [0.4, 0.5) is 0 Å². The Labute approximate surface area is 119 Å². The molecule has 0 spiro atoms. The molecule has 0 saturated heterocycles. The highest BCUT2D eigenvalue weighted by molar-refractivity contribution is 6.13. The maximum atomic E-state index is 8.50. The van der Waals surface area contributed by atoms with Gasteiger partial charge in [-0.25, -0.2) is 0 Å². The quantitative estimate of drug-likeness (QED) is 0.763. The zero-order chi connectivity index (χ0) is 13.9. The first-order chi connectivity index (χ1) is 9.77. The van der Waals surface area contributed by atoms with Crippen LogP contribution in [-0.4, -0.2) is 5.71 Å². The maximum absolute atomic E-state index is 8.50. The number of allylic oxidation sites excluding steroid dienone is 4. The smallest absolute Gasteiger partial charge is 0.0690 e. The van der Waals surface area contributed by atoms with E-state index in [1.165, 1.54) is 16.7 Å². The van der Waals surface area contributed by atoms with E-state index in [-0.39, 0.29) is 0 Å². The zero-order valence-corrected chi connectivity index (χ0v) is 11.6. The van der Waals surface area contributed by atoms with E-state index in [1.54, 1.807) is 0 Å². The largest absolute Gasteiger partial charge is 0.300 e. The zero-order valence-electron chi connectivity index (χ0n) is 11.6. The Balaban J connectivity index is 2.08. The average molecular weight is 259 g/mol. The molecule has 3 rings (SSSR count). The molecule has 0 atom stereocenters. The molecule has 2 aromatic carbocycles. The molecule has 0 amide bonds. The third kappa shape index (κ3) is 2.23. The SMILES string of the molecule is CC1=C(c2ccccc2C(=N)c2ccccc2)CC=C1. The van der Waals surface area contributed by atoms with Gasteiger partial charge in [-0.3, -0.25) is 5.41 Å². The molecule has 0 saturated carbocycles. The van der Waals surface area contributed by atoms with Gasteiger partial charge in [-0.05, 0) is 30.1 Å². The molecule has 0 radical (unpaired) electrons. The predicted octanol–water partition coefficient (Wildman–Crippen LogP) is 4.84. The van der Waals surface area contributed by atoms with Crippen molar-refractivity contribution in [1.82, 2.24) is 0 Å². The Morgan fingerprint density at radius 2 is 1.65 bits per heavy atom. The lowest BCUT2D eigenvalue weighted by Crippen LogP contribution is -2.05. The molecule has 1 N–H and O–H groups in total. The van der Waals surface area contributed by atoms with E-state index in [4.69, 9.17) is 5.41 Å². The van der Waals surface area contributed by atoms with Crippen molar-refractivity contribution in [1.29, 1.82) is 5.41 Å². The van der Waals surface area contributed by atoms with E-state index in [2.05, 4.69) is 31.2 Å². The Morgan fingerprint density at radius 3 is 2.35 bits per heavy atom. The standard InChI is InChI=1S/C19H17N/c1-14-8-7-13-16(14)17-11-5-6-12-18(17)19(20)15-9-3-2-4-10-15/h2-12,20H,13H2,1H3. The van der Waals surface area contributed by atoms with Crippen molar-refractivity contribution in [3.8, 4) is 0 Å². The fraction of sp³-hybridized carbons (Fsp3) is 0.105. The van der Waals surface area contributed by atoms with Crippen LogP contribution in [0, 0.1) is 5.41 Å². The van der Waals surface area contributed by atoms with Crippen molar-refractivity contribution in [2.24, 2.45) is 0 Å². The summed E-state index contributed by atoms with van der Waals surface area (Å²) in [6, 6.07) is 18.2. The number of rotatable bonds is 3. The molecule has 1 aliphatic carbocycles. The van der Waals surface area contributed by atoms with Gasteiger partial charge in [0.15, 0.2) is 0 Å². The molecule has 98 valence electrons. The van der Waals surface area contributed by atoms with Gasteiger partial charge >= 0.3 is 0 Å². The second-order valence-electron chi connectivity index (χ2n) is 5.05. The molecule has 0 aliphatic heterocycles. The average Bonchev–Trinajstić information content (AvgIpc) is 2.93. The van der Waals surface area contributed by atoms with Crippen molar-refractivity contribution in [2.45, 2.75) is 13.3 Å². The lowest BCUT2D eigenvalue weighted by molar-refractivity contribution is 1.38. The number of hydrogen-bond donors (Lipinski definition) is 1. The van der Waals surface area contributed by atoms with Crippen molar-refractivity contribution in [2.75, 3.05) is 0 Å². The first-order valence-corrected chi connectivity index (χ1v) is 6.87. The Kier molecular flexibility index (Phi) is 3.34. The second kappa shape index (κ2) is 5.30. The van der Waals surface area contributed by atoms with Crippen molar-refractivity contribution in [3.63, 3.8) is 0 Å². The van der Waals surface area contributed by atoms with Gasteiger partial charge in [0.1, 0.15) is 0 Å². The molecule has 20 heavy (non-hydrogen) atoms. The Bertz CT molecular complexity index is 706. The van der Waals surface area contributed by atoms with E-state index in [1.807, 2.05) is 42.5 Å². The Hall–Kier alpha value is -2.41. The van der Waals surface area contributed by atoms with Gasteiger partial charge in [0.05, 0.1) is 5.71 Å². The fourth-order valence-corrected chi connectivity index (χ4v) is 2.66. The molecule has 0 unspecified atom stereocenters. The van der Waals surface area contributed by atoms with Gasteiger partial charge in [-0.2, -0.15) is 0 Å². The van der Waals surface area contributed by atoms with E-state index in [0.29, 0.717) is 5.71 Å². The molecule has 0 aromatic heterocycles. The minimum Gasteiger partial charge on any atom is -0.300 e. The normalized spacial score (nSPS) is 13.8. The van der Waals surface area contributed by atoms with Gasteiger partial charge < -0.3 is 0 Å². The minimum atomic E-state index is 0.591. The highest BCUT2D eigenvalue weighted by atomic mass is 14.4. The van der Waals surface area contributed by atoms with Crippen LogP contribution in [0.15, 0.2) is 72.3 Å². The van der Waals surface area contributed by atoms with Gasteiger partial charge in [0, 0.05) is 11.1 Å². The lowest BCUT2D eigenvalue weighted by Gasteiger charge is -2.13. The highest BCUT2D eigenvalue weighted by Gasteiger charge is 2.15. The molecule has 1 nitrogen and oxygen atoms in total. The van der Waals surface area contributed by atoms with Gasteiger partial charge in [-0.1, -0.05) is 66.7 Å². The highest BCUT2D eigenvalue weighted by Crippen LogP contribution is 2.31. The summed E-state index contributed by atoms with van der Waals surface area (Å²) in [6.07, 6.45) is 5.32. The summed E-state index contributed by atoms with van der Waals surface area (Å²) in [5.41, 5.74) is 6.39. The van der Waals surface area contributed by atoms with Gasteiger partial charge in [-0.15, -0.1) is 0 Å². The number of nitrogens with one attached hydrogen (secondary N) is 1. The van der Waals surface area contributed by atoms with Crippen molar-refractivity contribution >= 4 is 11.3 Å². The molecule has 0 bridgehead atoms. The topological polar surface area (TPSA) is 23.9 Å². The maximum Gasteiger partial charge on any atom is 0.0690 e. The first kappa shape index (κ1) is 12.6. The van der Waals surface area contributed by atoms with Crippen LogP contribution >= 0.6 is 0 Å². The summed E-state index contributed by atoms with van der Waals surface area (Å²) in [6.45, 7) is 2.14. The molecular formula is C19H17N. The molecule has 0 heterocycles. The van der Waals surface area contributed by atoms with E-state index in [9.17, 15) is 0 Å². The summed E-state index contributed by atoms with van der Waals surface area (Å²) in [7, 11) is 0. The van der Waals surface area contributed by atoms with E-state index in [0.717, 1.165) is 17.5 Å². The lowest BCUT2D eigenvalue weighted by atomic mass is 9.91. The van der Waals surface area contributed by atoms with Crippen LogP contribution in [0.3, 0.4) is 0 Å². The van der Waals surface area contributed by atoms with E-state index >= 15 is 0 Å². The first-order valence-electron chi connectivity index (χ1n) is 6.87. The van der Waals surface area contributed by atoms with Crippen molar-refractivity contribution in [3.05, 3.63) is 89.0 Å². The van der Waals surface area contributed by atoms with Crippen LogP contribution in [0.25, 0.3) is 5.57 Å². The van der Waals surface area contributed by atoms with Crippen LogP contribution in [0.5, 0.6) is 0 Å². The van der Waals surface area contributed by atoms with Crippen molar-refractivity contribution < 1.29 is 0 Å². The second-order valence-corrected chi connectivity index (χ2v) is 5.05. The molecule has 1 heteroatoms. The predicted molar refractivity (Wildman–Crippen MR) is 85.2 cm³/mol. The summed E-state index contributed by atoms with van der Waals surface area (Å²) in [5, 5.41) is 8.50. The van der Waals surface area contributed by atoms with Gasteiger partial charge in [0.2, 0.25) is 0 Å². The van der Waals surface area contributed by atoms with Crippen LogP contribution in [0.2, 0.25) is 0 Å². The van der Waals surface area contributed by atoms with E-state index < -0.39 is 0 Å². The molecule has 2 aromatic rings. The third-order valence-electron chi connectivity index (χ3n) is 3.75. The van der Waals surface area contributed by atoms with Crippen LogP contribution in [0.1, 0.15) is 30.0 Å².